The molecule has 5 rings (SSSR count). The first-order valence-corrected chi connectivity index (χ1v) is 16.0. The average Bonchev–Trinajstić information content (AvgIpc) is 3.25. The van der Waals surface area contributed by atoms with Crippen LogP contribution in [0.2, 0.25) is 0 Å². The van der Waals surface area contributed by atoms with Crippen molar-refractivity contribution in [1.82, 2.24) is 9.80 Å². The summed E-state index contributed by atoms with van der Waals surface area (Å²) in [6, 6.07) is 16.1. The van der Waals surface area contributed by atoms with Gasteiger partial charge in [0.15, 0.2) is 5.75 Å². The second-order valence-electron chi connectivity index (χ2n) is 10.5. The van der Waals surface area contributed by atoms with E-state index in [4.69, 9.17) is 4.74 Å². The molecule has 0 atom stereocenters. The Morgan fingerprint density at radius 3 is 1.90 bits per heavy atom. The van der Waals surface area contributed by atoms with E-state index in [-0.39, 0.29) is 35.8 Å². The highest BCUT2D eigenvalue weighted by Crippen LogP contribution is 2.44. The lowest BCUT2D eigenvalue weighted by Gasteiger charge is -2.35. The van der Waals surface area contributed by atoms with Crippen LogP contribution in [0.1, 0.15) is 39.3 Å². The second-order valence-corrected chi connectivity index (χ2v) is 12.7. The molecule has 1 saturated heterocycles. The van der Waals surface area contributed by atoms with E-state index in [1.807, 2.05) is 41.3 Å². The summed E-state index contributed by atoms with van der Waals surface area (Å²) in [5, 5.41) is 0. The van der Waals surface area contributed by atoms with Gasteiger partial charge in [-0.3, -0.25) is 4.90 Å². The van der Waals surface area contributed by atoms with E-state index in [0.29, 0.717) is 31.7 Å². The van der Waals surface area contributed by atoms with Gasteiger partial charge in [-0.25, -0.2) is 4.79 Å². The van der Waals surface area contributed by atoms with E-state index in [9.17, 15) is 29.4 Å². The highest BCUT2D eigenvalue weighted by atomic mass is 32.3. The predicted molar refractivity (Wildman–Crippen MR) is 152 cm³/mol. The molecule has 1 fully saturated rings. The molecule has 2 aliphatic rings. The van der Waals surface area contributed by atoms with Gasteiger partial charge in [-0.2, -0.15) is 16.8 Å². The third-order valence-corrected chi connectivity index (χ3v) is 9.51. The molecule has 0 radical (unpaired) electrons. The van der Waals surface area contributed by atoms with Gasteiger partial charge in [0.05, 0.1) is 0 Å². The van der Waals surface area contributed by atoms with Crippen LogP contribution in [0, 0.1) is 20.8 Å². The minimum absolute atomic E-state index is 0.0688. The molecule has 1 amide bonds. The van der Waals surface area contributed by atoms with Crippen LogP contribution in [0.25, 0.3) is 11.1 Å². The number of halogens is 2. The van der Waals surface area contributed by atoms with Crippen LogP contribution in [0.5, 0.6) is 5.75 Å². The third-order valence-electron chi connectivity index (χ3n) is 8.04. The van der Waals surface area contributed by atoms with Crippen LogP contribution in [0.3, 0.4) is 0 Å². The number of nitrogens with zero attached hydrogens (tertiary/aromatic N) is 2. The van der Waals surface area contributed by atoms with Crippen LogP contribution >= 0.6 is 0 Å². The number of piperazine rings is 1. The number of carbonyl (C=O) groups excluding carboxylic acids is 1. The Hall–Kier alpha value is -3.55. The Bertz CT molecular complexity index is 1730. The quantitative estimate of drug-likeness (QED) is 0.342. The van der Waals surface area contributed by atoms with Gasteiger partial charge in [0, 0.05) is 44.2 Å². The minimum atomic E-state index is -5.50. The molecule has 0 aromatic heterocycles. The zero-order valence-electron chi connectivity index (χ0n) is 23.3. The Kier molecular flexibility index (Phi) is 8.03. The number of ether oxygens (including phenoxy) is 1. The molecule has 3 aromatic rings. The maximum absolute atomic E-state index is 14.2. The van der Waals surface area contributed by atoms with Crippen LogP contribution in [-0.2, 0) is 32.0 Å². The topological polar surface area (TPSA) is 110 Å². The summed E-state index contributed by atoms with van der Waals surface area (Å²) in [6.07, 6.45) is -0.450. The van der Waals surface area contributed by atoms with Crippen molar-refractivity contribution in [2.24, 2.45) is 0 Å². The predicted octanol–water partition coefficient (Wildman–Crippen LogP) is 4.93. The van der Waals surface area contributed by atoms with Crippen molar-refractivity contribution in [2.75, 3.05) is 32.8 Å². The monoisotopic (exact) mass is 620 g/mol. The fourth-order valence-electron chi connectivity index (χ4n) is 6.05. The summed E-state index contributed by atoms with van der Waals surface area (Å²) < 4.78 is 84.1. The third kappa shape index (κ3) is 5.86. The zero-order valence-corrected chi connectivity index (χ0v) is 24.9. The molecule has 0 unspecified atom stereocenters. The first-order chi connectivity index (χ1) is 19.8. The molecule has 0 saturated carbocycles. The molecular weight excluding hydrogens is 590 g/mol. The number of carbonyl (C=O) groups is 1. The Morgan fingerprint density at radius 1 is 0.833 bits per heavy atom. The average molecular weight is 621 g/mol. The van der Waals surface area contributed by atoms with Crippen LogP contribution in [0.4, 0.5) is 12.6 Å². The number of fused-ring (bicyclic) bond motifs is 3. The van der Waals surface area contributed by atoms with Crippen molar-refractivity contribution in [1.29, 1.82) is 0 Å². The van der Waals surface area contributed by atoms with E-state index in [1.54, 1.807) is 4.90 Å². The zero-order chi connectivity index (χ0) is 30.4. The number of amides is 1. The molecular formula is C29H30F2N2O7S2. The van der Waals surface area contributed by atoms with Crippen molar-refractivity contribution in [3.05, 3.63) is 81.9 Å². The summed E-state index contributed by atoms with van der Waals surface area (Å²) >= 11 is 0. The normalized spacial score (nSPS) is 15.8. The number of hydrogen-bond donors (Lipinski definition) is 0. The SMILES string of the molecule is Cc1c(CN2CCN(C(=O)OCC3c4ccccc4-c4ccccc43)CC2)c(C)c(S(=O)(=O)F)c(C)c1OS(=O)(=O)F. The van der Waals surface area contributed by atoms with Crippen molar-refractivity contribution >= 4 is 26.8 Å². The lowest BCUT2D eigenvalue weighted by Crippen LogP contribution is -2.48. The number of hydrogen-bond acceptors (Lipinski definition) is 8. The highest BCUT2D eigenvalue weighted by molar-refractivity contribution is 7.86. The fourth-order valence-corrected chi connectivity index (χ4v) is 7.44. The van der Waals surface area contributed by atoms with Gasteiger partial charge < -0.3 is 13.8 Å². The summed E-state index contributed by atoms with van der Waals surface area (Å²) in [7, 11) is -10.8. The van der Waals surface area contributed by atoms with E-state index < -0.39 is 37.5 Å². The molecule has 0 N–H and O–H groups in total. The van der Waals surface area contributed by atoms with Gasteiger partial charge in [0.2, 0.25) is 0 Å². The van der Waals surface area contributed by atoms with E-state index in [2.05, 4.69) is 16.3 Å². The standard InChI is InChI=1S/C29H30F2N2O7S2/c1-18-25(19(2)28(41(30,35)36)20(3)27(18)40-42(31,37)38)16-32-12-14-33(15-13-32)29(34)39-17-26-23-10-6-4-8-21(23)22-9-5-7-11-24(22)26/h4-11,26H,12-17H2,1-3H3. The van der Waals surface area contributed by atoms with Gasteiger partial charge in [0.25, 0.3) is 0 Å². The van der Waals surface area contributed by atoms with Crippen molar-refractivity contribution < 1.29 is 38.3 Å². The molecule has 1 aliphatic carbocycles. The lowest BCUT2D eigenvalue weighted by atomic mass is 9.97. The van der Waals surface area contributed by atoms with Gasteiger partial charge in [-0.15, -0.1) is 3.89 Å². The smallest absolute Gasteiger partial charge is 0.448 e. The van der Waals surface area contributed by atoms with E-state index >= 15 is 0 Å². The largest absolute Gasteiger partial charge is 0.488 e. The van der Waals surface area contributed by atoms with Gasteiger partial charge in [-0.1, -0.05) is 52.4 Å². The van der Waals surface area contributed by atoms with Crippen LogP contribution in [0.15, 0.2) is 53.4 Å². The van der Waals surface area contributed by atoms with Gasteiger partial charge >= 0.3 is 26.8 Å². The maximum atomic E-state index is 14.2. The van der Waals surface area contributed by atoms with Crippen LogP contribution < -0.4 is 4.18 Å². The Labute approximate surface area is 244 Å². The Balaban J connectivity index is 1.27. The molecule has 0 spiro atoms. The number of benzene rings is 3. The van der Waals surface area contributed by atoms with Crippen molar-refractivity contribution in [3.63, 3.8) is 0 Å². The summed E-state index contributed by atoms with van der Waals surface area (Å²) in [5.74, 6) is -0.632. The molecule has 1 heterocycles. The number of rotatable bonds is 7. The second kappa shape index (κ2) is 11.3. The molecule has 9 nitrogen and oxygen atoms in total. The fraction of sp³-hybridized carbons (Fsp3) is 0.345. The van der Waals surface area contributed by atoms with Gasteiger partial charge in [0.1, 0.15) is 11.5 Å². The lowest BCUT2D eigenvalue weighted by molar-refractivity contribution is 0.0727. The minimum Gasteiger partial charge on any atom is -0.448 e. The summed E-state index contributed by atoms with van der Waals surface area (Å²) in [4.78, 5) is 15.7. The molecule has 224 valence electrons. The molecule has 3 aromatic carbocycles. The van der Waals surface area contributed by atoms with E-state index in [0.717, 1.165) is 29.2 Å². The molecule has 42 heavy (non-hydrogen) atoms. The van der Waals surface area contributed by atoms with Crippen LogP contribution in [-0.4, -0.2) is 65.5 Å². The molecule has 1 aliphatic heterocycles. The maximum Gasteiger partial charge on any atom is 0.488 e. The Morgan fingerprint density at radius 2 is 1.38 bits per heavy atom. The highest BCUT2D eigenvalue weighted by Gasteiger charge is 2.32. The summed E-state index contributed by atoms with van der Waals surface area (Å²) in [6.45, 7) is 5.70. The van der Waals surface area contributed by atoms with E-state index in [1.165, 1.54) is 13.8 Å². The first kappa shape index (κ1) is 29.9. The molecule has 0 bridgehead atoms. The summed E-state index contributed by atoms with van der Waals surface area (Å²) in [5.41, 5.74) is 4.70. The van der Waals surface area contributed by atoms with Crippen molar-refractivity contribution in [3.8, 4) is 16.9 Å². The van der Waals surface area contributed by atoms with Gasteiger partial charge in [-0.05, 0) is 59.7 Å². The van der Waals surface area contributed by atoms with Crippen molar-refractivity contribution in [2.45, 2.75) is 38.1 Å². The molecule has 13 heteroatoms. The first-order valence-electron chi connectivity index (χ1n) is 13.3.